The largest absolute Gasteiger partial charge is 0.495 e. The van der Waals surface area contributed by atoms with Crippen molar-refractivity contribution >= 4 is 23.2 Å². The van der Waals surface area contributed by atoms with Crippen LogP contribution in [0.3, 0.4) is 0 Å². The van der Waals surface area contributed by atoms with Crippen LogP contribution in [0.2, 0.25) is 0 Å². The maximum absolute atomic E-state index is 12.2. The minimum Gasteiger partial charge on any atom is -0.495 e. The molecule has 8 nitrogen and oxygen atoms in total. The van der Waals surface area contributed by atoms with E-state index in [0.29, 0.717) is 34.4 Å². The van der Waals surface area contributed by atoms with Crippen LogP contribution in [0.25, 0.3) is 0 Å². The second kappa shape index (κ2) is 8.61. The maximum atomic E-state index is 12.2. The summed E-state index contributed by atoms with van der Waals surface area (Å²) < 4.78 is 20.8. The van der Waals surface area contributed by atoms with E-state index in [0.717, 1.165) is 0 Å². The molecule has 2 N–H and O–H groups in total. The normalized spacial score (nSPS) is 9.85. The van der Waals surface area contributed by atoms with Crippen LogP contribution in [0, 0.1) is 0 Å². The Kier molecular flexibility index (Phi) is 6.26. The number of nitrogens with one attached hydrogen (secondary N) is 2. The first-order valence-electron chi connectivity index (χ1n) is 7.59. The zero-order valence-electron chi connectivity index (χ0n) is 14.9. The Hall–Kier alpha value is -3.42. The minimum atomic E-state index is -0.856. The molecular formula is C18H20N2O6. The van der Waals surface area contributed by atoms with E-state index in [2.05, 4.69) is 10.6 Å². The van der Waals surface area contributed by atoms with Gasteiger partial charge in [0.2, 0.25) is 5.75 Å². The standard InChI is InChI=1S/C18H20N2O6/c1-23-13-8-6-5-7-12(13)20-18(22)17(21)19-11-9-14(24-2)16(26-4)15(10-11)25-3/h5-10H,1-4H3,(H,19,21)(H,20,22). The maximum Gasteiger partial charge on any atom is 0.314 e. The van der Waals surface area contributed by atoms with Gasteiger partial charge in [-0.3, -0.25) is 9.59 Å². The van der Waals surface area contributed by atoms with Crippen molar-refractivity contribution in [3.63, 3.8) is 0 Å². The fourth-order valence-electron chi connectivity index (χ4n) is 2.27. The summed E-state index contributed by atoms with van der Waals surface area (Å²) in [7, 11) is 5.86. The lowest BCUT2D eigenvalue weighted by atomic mass is 10.2. The van der Waals surface area contributed by atoms with Crippen molar-refractivity contribution in [1.82, 2.24) is 0 Å². The molecule has 0 spiro atoms. The molecule has 0 aliphatic rings. The van der Waals surface area contributed by atoms with E-state index < -0.39 is 11.8 Å². The van der Waals surface area contributed by atoms with Crippen LogP contribution in [0.4, 0.5) is 11.4 Å². The number of rotatable bonds is 6. The van der Waals surface area contributed by atoms with Crippen molar-refractivity contribution in [2.24, 2.45) is 0 Å². The van der Waals surface area contributed by atoms with E-state index in [1.54, 1.807) is 24.3 Å². The van der Waals surface area contributed by atoms with Gasteiger partial charge in [0.05, 0.1) is 34.1 Å². The second-order valence-electron chi connectivity index (χ2n) is 5.02. The number of amides is 2. The molecule has 0 aliphatic carbocycles. The first-order valence-corrected chi connectivity index (χ1v) is 7.59. The highest BCUT2D eigenvalue weighted by Crippen LogP contribution is 2.39. The summed E-state index contributed by atoms with van der Waals surface area (Å²) in [5.74, 6) is -0.166. The predicted octanol–water partition coefficient (Wildman–Crippen LogP) is 2.30. The number of methoxy groups -OCH3 is 4. The van der Waals surface area contributed by atoms with E-state index in [1.165, 1.54) is 40.6 Å². The zero-order chi connectivity index (χ0) is 19.1. The number of para-hydroxylation sites is 2. The van der Waals surface area contributed by atoms with E-state index in [9.17, 15) is 9.59 Å². The van der Waals surface area contributed by atoms with Gasteiger partial charge < -0.3 is 29.6 Å². The van der Waals surface area contributed by atoms with Crippen molar-refractivity contribution in [3.8, 4) is 23.0 Å². The monoisotopic (exact) mass is 360 g/mol. The molecule has 0 radical (unpaired) electrons. The third-order valence-electron chi connectivity index (χ3n) is 3.48. The topological polar surface area (TPSA) is 95.1 Å². The van der Waals surface area contributed by atoms with Crippen LogP contribution in [0.15, 0.2) is 36.4 Å². The van der Waals surface area contributed by atoms with Gasteiger partial charge in [0.25, 0.3) is 0 Å². The Morgan fingerprint density at radius 2 is 1.27 bits per heavy atom. The molecule has 0 aliphatic heterocycles. The van der Waals surface area contributed by atoms with Gasteiger partial charge >= 0.3 is 11.8 Å². The molecule has 0 aromatic heterocycles. The lowest BCUT2D eigenvalue weighted by Crippen LogP contribution is -2.29. The van der Waals surface area contributed by atoms with Crippen LogP contribution < -0.4 is 29.6 Å². The molecule has 138 valence electrons. The first kappa shape index (κ1) is 18.9. The summed E-state index contributed by atoms with van der Waals surface area (Å²) in [6.07, 6.45) is 0. The van der Waals surface area contributed by atoms with Crippen LogP contribution in [-0.4, -0.2) is 40.3 Å². The Bertz CT molecular complexity index is 781. The molecule has 2 rings (SSSR count). The van der Waals surface area contributed by atoms with Gasteiger partial charge in [-0.15, -0.1) is 0 Å². The molecule has 8 heteroatoms. The van der Waals surface area contributed by atoms with Crippen molar-refractivity contribution in [1.29, 1.82) is 0 Å². The molecule has 0 heterocycles. The Labute approximate surface area is 151 Å². The molecule has 0 unspecified atom stereocenters. The number of benzene rings is 2. The van der Waals surface area contributed by atoms with Gasteiger partial charge in [-0.1, -0.05) is 12.1 Å². The van der Waals surface area contributed by atoms with Crippen LogP contribution in [0.1, 0.15) is 0 Å². The summed E-state index contributed by atoms with van der Waals surface area (Å²) in [6.45, 7) is 0. The van der Waals surface area contributed by atoms with Crippen molar-refractivity contribution in [3.05, 3.63) is 36.4 Å². The third kappa shape index (κ3) is 4.15. The van der Waals surface area contributed by atoms with Gasteiger partial charge in [0.1, 0.15) is 5.75 Å². The minimum absolute atomic E-state index is 0.319. The molecule has 0 saturated carbocycles. The molecule has 2 aromatic carbocycles. The molecular weight excluding hydrogens is 340 g/mol. The molecule has 26 heavy (non-hydrogen) atoms. The highest BCUT2D eigenvalue weighted by Gasteiger charge is 2.19. The highest BCUT2D eigenvalue weighted by molar-refractivity contribution is 6.43. The molecule has 0 atom stereocenters. The summed E-state index contributed by atoms with van der Waals surface area (Å²) in [4.78, 5) is 24.3. The molecule has 0 saturated heterocycles. The quantitative estimate of drug-likeness (QED) is 0.768. The van der Waals surface area contributed by atoms with Gasteiger partial charge in [-0.25, -0.2) is 0 Å². The molecule has 0 bridgehead atoms. The summed E-state index contributed by atoms with van der Waals surface area (Å²) >= 11 is 0. The average molecular weight is 360 g/mol. The SMILES string of the molecule is COc1ccccc1NC(=O)C(=O)Nc1cc(OC)c(OC)c(OC)c1. The van der Waals surface area contributed by atoms with E-state index in [1.807, 2.05) is 0 Å². The summed E-state index contributed by atoms with van der Waals surface area (Å²) in [6, 6.07) is 9.82. The zero-order valence-corrected chi connectivity index (χ0v) is 14.9. The highest BCUT2D eigenvalue weighted by atomic mass is 16.5. The van der Waals surface area contributed by atoms with Crippen LogP contribution in [-0.2, 0) is 9.59 Å². The van der Waals surface area contributed by atoms with E-state index >= 15 is 0 Å². The number of carbonyl (C=O) groups excluding carboxylic acids is 2. The molecule has 2 aromatic rings. The van der Waals surface area contributed by atoms with Crippen LogP contribution in [0.5, 0.6) is 23.0 Å². The van der Waals surface area contributed by atoms with Crippen LogP contribution >= 0.6 is 0 Å². The first-order chi connectivity index (χ1) is 12.5. The number of ether oxygens (including phenoxy) is 4. The fraction of sp³-hybridized carbons (Fsp3) is 0.222. The predicted molar refractivity (Wildman–Crippen MR) is 96.4 cm³/mol. The molecule has 0 fully saturated rings. The van der Waals surface area contributed by atoms with Crippen molar-refractivity contribution in [2.45, 2.75) is 0 Å². The fourth-order valence-corrected chi connectivity index (χ4v) is 2.27. The Morgan fingerprint density at radius 3 is 1.81 bits per heavy atom. The number of hydrogen-bond acceptors (Lipinski definition) is 6. The van der Waals surface area contributed by atoms with Crippen molar-refractivity contribution in [2.75, 3.05) is 39.1 Å². The second-order valence-corrected chi connectivity index (χ2v) is 5.02. The van der Waals surface area contributed by atoms with Crippen molar-refractivity contribution < 1.29 is 28.5 Å². The van der Waals surface area contributed by atoms with E-state index in [4.69, 9.17) is 18.9 Å². The number of anilines is 2. The molecule has 2 amide bonds. The summed E-state index contributed by atoms with van der Waals surface area (Å²) in [5.41, 5.74) is 0.708. The smallest absolute Gasteiger partial charge is 0.314 e. The average Bonchev–Trinajstić information content (AvgIpc) is 2.67. The Morgan fingerprint density at radius 1 is 0.731 bits per heavy atom. The lowest BCUT2D eigenvalue weighted by Gasteiger charge is -2.14. The van der Waals surface area contributed by atoms with Gasteiger partial charge in [-0.2, -0.15) is 0 Å². The Balaban J connectivity index is 2.17. The lowest BCUT2D eigenvalue weighted by molar-refractivity contribution is -0.133. The van der Waals surface area contributed by atoms with E-state index in [-0.39, 0.29) is 0 Å². The number of hydrogen-bond donors (Lipinski definition) is 2. The van der Waals surface area contributed by atoms with Gasteiger partial charge in [0, 0.05) is 17.8 Å². The summed E-state index contributed by atoms with van der Waals surface area (Å²) in [5, 5.41) is 4.99. The number of carbonyl (C=O) groups is 2. The van der Waals surface area contributed by atoms with Gasteiger partial charge in [-0.05, 0) is 12.1 Å². The third-order valence-corrected chi connectivity index (χ3v) is 3.48. The van der Waals surface area contributed by atoms with Gasteiger partial charge in [0.15, 0.2) is 11.5 Å².